The van der Waals surface area contributed by atoms with Crippen molar-refractivity contribution < 1.29 is 13.9 Å². The van der Waals surface area contributed by atoms with Gasteiger partial charge in [0.25, 0.3) is 5.91 Å². The van der Waals surface area contributed by atoms with Crippen LogP contribution in [0.2, 0.25) is 0 Å². The molecule has 0 fully saturated rings. The molecule has 1 atom stereocenters. The van der Waals surface area contributed by atoms with Crippen LogP contribution in [0.15, 0.2) is 80.4 Å². The zero-order chi connectivity index (χ0) is 21.0. The molecule has 0 saturated carbocycles. The van der Waals surface area contributed by atoms with Gasteiger partial charge in [-0.1, -0.05) is 30.3 Å². The SMILES string of the molecule is CC1=NN(c2ccccc2)C(=O)C12C(C#N)=C(N)Oc1c2c(=O)oc2ccccc12. The zero-order valence-electron chi connectivity index (χ0n) is 15.7. The monoisotopic (exact) mass is 398 g/mol. The van der Waals surface area contributed by atoms with Gasteiger partial charge in [-0.15, -0.1) is 0 Å². The van der Waals surface area contributed by atoms with Gasteiger partial charge in [0.15, 0.2) is 11.2 Å². The Bertz CT molecular complexity index is 1400. The van der Waals surface area contributed by atoms with E-state index in [1.54, 1.807) is 61.5 Å². The van der Waals surface area contributed by atoms with E-state index < -0.39 is 16.9 Å². The van der Waals surface area contributed by atoms with Gasteiger partial charge in [-0.2, -0.15) is 15.4 Å². The molecule has 8 nitrogen and oxygen atoms in total. The molecule has 1 unspecified atom stereocenters. The number of anilines is 1. The Kier molecular flexibility index (Phi) is 3.57. The molecular formula is C22H14N4O4. The number of nitriles is 1. The first-order valence-electron chi connectivity index (χ1n) is 9.10. The first-order valence-corrected chi connectivity index (χ1v) is 9.10. The van der Waals surface area contributed by atoms with Crippen molar-refractivity contribution in [3.8, 4) is 11.8 Å². The van der Waals surface area contributed by atoms with E-state index in [-0.39, 0.29) is 34.1 Å². The molecule has 0 aliphatic carbocycles. The number of fused-ring (bicyclic) bond motifs is 4. The summed E-state index contributed by atoms with van der Waals surface area (Å²) in [5.74, 6) is -0.757. The molecule has 5 rings (SSSR count). The van der Waals surface area contributed by atoms with Crippen LogP contribution in [0, 0.1) is 11.3 Å². The van der Waals surface area contributed by atoms with Crippen molar-refractivity contribution in [2.45, 2.75) is 12.3 Å². The molecule has 0 saturated heterocycles. The average molecular weight is 398 g/mol. The topological polar surface area (TPSA) is 122 Å². The molecule has 146 valence electrons. The van der Waals surface area contributed by atoms with Crippen LogP contribution in [0.5, 0.6) is 5.75 Å². The maximum atomic E-state index is 13.8. The summed E-state index contributed by atoms with van der Waals surface area (Å²) in [5, 5.41) is 15.9. The minimum atomic E-state index is -1.83. The Balaban J connectivity index is 1.88. The number of hydrogen-bond donors (Lipinski definition) is 1. The number of ether oxygens (including phenoxy) is 1. The van der Waals surface area contributed by atoms with E-state index in [4.69, 9.17) is 14.9 Å². The molecule has 1 spiro atoms. The summed E-state index contributed by atoms with van der Waals surface area (Å²) in [6, 6.07) is 17.4. The predicted molar refractivity (Wildman–Crippen MR) is 109 cm³/mol. The number of nitrogens with zero attached hydrogens (tertiary/aromatic N) is 3. The molecular weight excluding hydrogens is 384 g/mol. The fourth-order valence-corrected chi connectivity index (χ4v) is 4.06. The zero-order valence-corrected chi connectivity index (χ0v) is 15.7. The number of hydrogen-bond acceptors (Lipinski definition) is 7. The highest BCUT2D eigenvalue weighted by Gasteiger charge is 2.60. The van der Waals surface area contributed by atoms with Crippen molar-refractivity contribution in [1.82, 2.24) is 0 Å². The second-order valence-electron chi connectivity index (χ2n) is 6.93. The van der Waals surface area contributed by atoms with Crippen molar-refractivity contribution in [2.75, 3.05) is 5.01 Å². The summed E-state index contributed by atoms with van der Waals surface area (Å²) in [6.45, 7) is 1.58. The number of carbonyl (C=O) groups is 1. The molecule has 2 aliphatic rings. The van der Waals surface area contributed by atoms with Crippen LogP contribution in [0.3, 0.4) is 0 Å². The molecule has 3 heterocycles. The standard InChI is InChI=1S/C22H14N4O4/c1-12-22(21(28)26(25-12)13-7-3-2-4-8-13)15(11-23)19(24)30-18-14-9-5-6-10-16(14)29-20(27)17(18)22/h2-10H,24H2,1H3. The number of para-hydroxylation sites is 2. The van der Waals surface area contributed by atoms with Crippen molar-refractivity contribution >= 4 is 28.3 Å². The lowest BCUT2D eigenvalue weighted by Gasteiger charge is -2.32. The van der Waals surface area contributed by atoms with Gasteiger partial charge < -0.3 is 14.9 Å². The molecule has 1 amide bonds. The van der Waals surface area contributed by atoms with Crippen molar-refractivity contribution in [1.29, 1.82) is 5.26 Å². The van der Waals surface area contributed by atoms with E-state index in [1.165, 1.54) is 5.01 Å². The average Bonchev–Trinajstić information content (AvgIpc) is 3.00. The van der Waals surface area contributed by atoms with Gasteiger partial charge in [-0.3, -0.25) is 4.79 Å². The third kappa shape index (κ3) is 2.06. The smallest absolute Gasteiger partial charge is 0.345 e. The first kappa shape index (κ1) is 17.7. The van der Waals surface area contributed by atoms with Gasteiger partial charge in [0, 0.05) is 0 Å². The second-order valence-corrected chi connectivity index (χ2v) is 6.93. The van der Waals surface area contributed by atoms with E-state index in [1.807, 2.05) is 6.07 Å². The van der Waals surface area contributed by atoms with Crippen LogP contribution in [0.4, 0.5) is 5.69 Å². The Morgan fingerprint density at radius 3 is 2.53 bits per heavy atom. The summed E-state index contributed by atoms with van der Waals surface area (Å²) < 4.78 is 11.2. The molecule has 30 heavy (non-hydrogen) atoms. The van der Waals surface area contributed by atoms with Crippen LogP contribution in [0.25, 0.3) is 11.0 Å². The summed E-state index contributed by atoms with van der Waals surface area (Å²) >= 11 is 0. The van der Waals surface area contributed by atoms with Gasteiger partial charge in [-0.05, 0) is 31.2 Å². The van der Waals surface area contributed by atoms with Gasteiger partial charge in [0.1, 0.15) is 22.8 Å². The van der Waals surface area contributed by atoms with E-state index in [0.717, 1.165) is 0 Å². The maximum Gasteiger partial charge on any atom is 0.345 e. The highest BCUT2D eigenvalue weighted by atomic mass is 16.5. The summed E-state index contributed by atoms with van der Waals surface area (Å²) in [5.41, 5.74) is 4.18. The number of hydrazone groups is 1. The summed E-state index contributed by atoms with van der Waals surface area (Å²) in [4.78, 5) is 26.9. The Morgan fingerprint density at radius 2 is 1.80 bits per heavy atom. The number of nitrogens with two attached hydrogens (primary N) is 1. The second kappa shape index (κ2) is 6.06. The summed E-state index contributed by atoms with van der Waals surface area (Å²) in [6.07, 6.45) is 0. The maximum absolute atomic E-state index is 13.8. The lowest BCUT2D eigenvalue weighted by Crippen LogP contribution is -2.50. The van der Waals surface area contributed by atoms with E-state index in [2.05, 4.69) is 5.10 Å². The lowest BCUT2D eigenvalue weighted by molar-refractivity contribution is -0.120. The predicted octanol–water partition coefficient (Wildman–Crippen LogP) is 2.54. The molecule has 8 heteroatoms. The Hall–Kier alpha value is -4.38. The molecule has 2 N–H and O–H groups in total. The fourth-order valence-electron chi connectivity index (χ4n) is 4.06. The number of amides is 1. The van der Waals surface area contributed by atoms with E-state index in [0.29, 0.717) is 11.1 Å². The normalized spacial score (nSPS) is 20.2. The third-order valence-electron chi connectivity index (χ3n) is 5.39. The highest BCUT2D eigenvalue weighted by molar-refractivity contribution is 6.26. The highest BCUT2D eigenvalue weighted by Crippen LogP contribution is 2.49. The quantitative estimate of drug-likeness (QED) is 0.629. The molecule has 2 aromatic carbocycles. The third-order valence-corrected chi connectivity index (χ3v) is 5.39. The van der Waals surface area contributed by atoms with E-state index in [9.17, 15) is 14.9 Å². The van der Waals surface area contributed by atoms with Crippen LogP contribution in [-0.2, 0) is 10.2 Å². The minimum Gasteiger partial charge on any atom is -0.439 e. The van der Waals surface area contributed by atoms with Gasteiger partial charge in [0.05, 0.1) is 16.8 Å². The van der Waals surface area contributed by atoms with Crippen LogP contribution in [-0.4, -0.2) is 11.6 Å². The Labute approximate surface area is 170 Å². The van der Waals surface area contributed by atoms with Crippen molar-refractivity contribution in [3.63, 3.8) is 0 Å². The molecule has 0 bridgehead atoms. The largest absolute Gasteiger partial charge is 0.439 e. The number of rotatable bonds is 1. The number of carbonyl (C=O) groups excluding carboxylic acids is 1. The van der Waals surface area contributed by atoms with Crippen molar-refractivity contribution in [2.24, 2.45) is 10.8 Å². The van der Waals surface area contributed by atoms with Gasteiger partial charge in [0.2, 0.25) is 5.88 Å². The van der Waals surface area contributed by atoms with Crippen LogP contribution >= 0.6 is 0 Å². The molecule has 3 aromatic rings. The number of benzene rings is 2. The molecule has 0 radical (unpaired) electrons. The van der Waals surface area contributed by atoms with Gasteiger partial charge in [-0.25, -0.2) is 4.79 Å². The molecule has 2 aliphatic heterocycles. The van der Waals surface area contributed by atoms with Crippen molar-refractivity contribution in [3.05, 3.63) is 82.0 Å². The minimum absolute atomic E-state index is 0.0937. The molecule has 1 aromatic heterocycles. The summed E-state index contributed by atoms with van der Waals surface area (Å²) in [7, 11) is 0. The Morgan fingerprint density at radius 1 is 1.10 bits per heavy atom. The lowest BCUT2D eigenvalue weighted by atomic mass is 9.69. The van der Waals surface area contributed by atoms with E-state index >= 15 is 0 Å². The van der Waals surface area contributed by atoms with Crippen LogP contribution in [0.1, 0.15) is 12.5 Å². The van der Waals surface area contributed by atoms with Crippen LogP contribution < -0.4 is 21.1 Å². The van der Waals surface area contributed by atoms with Gasteiger partial charge >= 0.3 is 5.63 Å². The fraction of sp³-hybridized carbons (Fsp3) is 0.0909. The first-order chi connectivity index (χ1) is 14.5.